The van der Waals surface area contributed by atoms with Crippen molar-refractivity contribution < 1.29 is 14.1 Å². The molecule has 0 saturated heterocycles. The van der Waals surface area contributed by atoms with Crippen molar-refractivity contribution in [2.75, 3.05) is 0 Å². The van der Waals surface area contributed by atoms with E-state index < -0.39 is 5.91 Å². The molecule has 0 aliphatic heterocycles. The summed E-state index contributed by atoms with van der Waals surface area (Å²) in [5, 5.41) is 3.69. The Morgan fingerprint density at radius 2 is 1.80 bits per heavy atom. The lowest BCUT2D eigenvalue weighted by Crippen LogP contribution is -2.41. The third-order valence-electron chi connectivity index (χ3n) is 3.08. The Labute approximate surface area is 119 Å². The minimum Gasteiger partial charge on any atom is -0.361 e. The van der Waals surface area contributed by atoms with Crippen molar-refractivity contribution in [3.05, 3.63) is 17.0 Å². The summed E-state index contributed by atoms with van der Waals surface area (Å²) in [6, 6.07) is 0. The largest absolute Gasteiger partial charge is 0.361 e. The number of hydrogen-bond donors (Lipinski definition) is 2. The Kier molecular flexibility index (Phi) is 6.76. The monoisotopic (exact) mass is 281 g/mol. The molecular formula is C14H23N3O3. The summed E-state index contributed by atoms with van der Waals surface area (Å²) in [4.78, 5) is 23.4. The molecule has 20 heavy (non-hydrogen) atoms. The summed E-state index contributed by atoms with van der Waals surface area (Å²) >= 11 is 0. The molecule has 2 amide bonds. The number of nitrogens with one attached hydrogen (secondary N) is 2. The standard InChI is InChI=1S/C14H23N3O3/c1-4-5-6-7-8-9-12(18)15-16-14(19)13-10(2)17-20-11(13)3/h4-9H2,1-3H3,(H,15,18)(H,16,19). The fourth-order valence-electron chi connectivity index (χ4n) is 1.95. The van der Waals surface area contributed by atoms with Gasteiger partial charge >= 0.3 is 0 Å². The Morgan fingerprint density at radius 1 is 1.10 bits per heavy atom. The lowest BCUT2D eigenvalue weighted by Gasteiger charge is -2.06. The first-order valence-electron chi connectivity index (χ1n) is 7.08. The molecule has 0 unspecified atom stereocenters. The molecule has 0 aromatic carbocycles. The Balaban J connectivity index is 2.26. The molecule has 1 rings (SSSR count). The van der Waals surface area contributed by atoms with Gasteiger partial charge in [0.15, 0.2) is 0 Å². The number of nitrogens with zero attached hydrogens (tertiary/aromatic N) is 1. The second kappa shape index (κ2) is 8.35. The molecule has 0 fully saturated rings. The van der Waals surface area contributed by atoms with E-state index in [0.717, 1.165) is 19.3 Å². The number of carbonyl (C=O) groups excluding carboxylic acids is 2. The number of unbranched alkanes of at least 4 members (excludes halogenated alkanes) is 4. The first-order chi connectivity index (χ1) is 9.56. The Bertz CT molecular complexity index is 435. The zero-order valence-corrected chi connectivity index (χ0v) is 12.4. The Hall–Kier alpha value is -1.85. The van der Waals surface area contributed by atoms with Crippen LogP contribution in [0, 0.1) is 13.8 Å². The molecule has 112 valence electrons. The van der Waals surface area contributed by atoms with Crippen LogP contribution in [-0.2, 0) is 4.79 Å². The minimum absolute atomic E-state index is 0.179. The topological polar surface area (TPSA) is 84.2 Å². The fraction of sp³-hybridized carbons (Fsp3) is 0.643. The van der Waals surface area contributed by atoms with Crippen LogP contribution in [0.4, 0.5) is 0 Å². The van der Waals surface area contributed by atoms with Crippen molar-refractivity contribution in [3.8, 4) is 0 Å². The van der Waals surface area contributed by atoms with Gasteiger partial charge in [0.05, 0.1) is 5.69 Å². The van der Waals surface area contributed by atoms with Crippen LogP contribution in [-0.4, -0.2) is 17.0 Å². The molecule has 6 nitrogen and oxygen atoms in total. The summed E-state index contributed by atoms with van der Waals surface area (Å²) < 4.78 is 4.90. The molecule has 1 aromatic heterocycles. The number of aryl methyl sites for hydroxylation is 2. The van der Waals surface area contributed by atoms with Crippen molar-refractivity contribution >= 4 is 11.8 Å². The average Bonchev–Trinajstić information content (AvgIpc) is 2.75. The van der Waals surface area contributed by atoms with E-state index in [1.54, 1.807) is 13.8 Å². The van der Waals surface area contributed by atoms with E-state index in [9.17, 15) is 9.59 Å². The summed E-state index contributed by atoms with van der Waals surface area (Å²) in [5.41, 5.74) is 5.67. The molecule has 0 radical (unpaired) electrons. The highest BCUT2D eigenvalue weighted by Crippen LogP contribution is 2.11. The van der Waals surface area contributed by atoms with E-state index in [4.69, 9.17) is 4.52 Å². The lowest BCUT2D eigenvalue weighted by atomic mass is 10.1. The number of aromatic nitrogens is 1. The van der Waals surface area contributed by atoms with Gasteiger partial charge in [-0.2, -0.15) is 0 Å². The maximum absolute atomic E-state index is 11.8. The zero-order chi connectivity index (χ0) is 15.0. The van der Waals surface area contributed by atoms with Gasteiger partial charge in [0.1, 0.15) is 11.3 Å². The van der Waals surface area contributed by atoms with Gasteiger partial charge in [-0.05, 0) is 20.3 Å². The number of rotatable bonds is 7. The number of hydrazine groups is 1. The predicted octanol–water partition coefficient (Wildman–Crippen LogP) is 2.41. The lowest BCUT2D eigenvalue weighted by molar-refractivity contribution is -0.122. The zero-order valence-electron chi connectivity index (χ0n) is 12.4. The van der Waals surface area contributed by atoms with Crippen LogP contribution in [0.25, 0.3) is 0 Å². The van der Waals surface area contributed by atoms with E-state index in [1.807, 2.05) is 0 Å². The fourth-order valence-corrected chi connectivity index (χ4v) is 1.95. The van der Waals surface area contributed by atoms with E-state index in [2.05, 4.69) is 22.9 Å². The van der Waals surface area contributed by atoms with Crippen molar-refractivity contribution in [2.45, 2.75) is 59.3 Å². The van der Waals surface area contributed by atoms with Crippen molar-refractivity contribution in [1.29, 1.82) is 0 Å². The molecule has 0 saturated carbocycles. The molecular weight excluding hydrogens is 258 g/mol. The van der Waals surface area contributed by atoms with Gasteiger partial charge < -0.3 is 4.52 Å². The maximum Gasteiger partial charge on any atom is 0.275 e. The molecule has 1 aromatic rings. The number of amides is 2. The molecule has 6 heteroatoms. The summed E-state index contributed by atoms with van der Waals surface area (Å²) in [5.74, 6) is -0.143. The smallest absolute Gasteiger partial charge is 0.275 e. The first-order valence-corrected chi connectivity index (χ1v) is 7.08. The summed E-state index contributed by atoms with van der Waals surface area (Å²) in [7, 11) is 0. The van der Waals surface area contributed by atoms with Crippen molar-refractivity contribution in [2.24, 2.45) is 0 Å². The Morgan fingerprint density at radius 3 is 2.40 bits per heavy atom. The van der Waals surface area contributed by atoms with E-state index in [-0.39, 0.29) is 5.91 Å². The molecule has 1 heterocycles. The van der Waals surface area contributed by atoms with Crippen LogP contribution in [0.5, 0.6) is 0 Å². The van der Waals surface area contributed by atoms with Gasteiger partial charge in [-0.3, -0.25) is 20.4 Å². The van der Waals surface area contributed by atoms with Crippen molar-refractivity contribution in [1.82, 2.24) is 16.0 Å². The van der Waals surface area contributed by atoms with Crippen molar-refractivity contribution in [3.63, 3.8) is 0 Å². The van der Waals surface area contributed by atoms with Crippen LogP contribution in [0.3, 0.4) is 0 Å². The van der Waals surface area contributed by atoms with Crippen LogP contribution < -0.4 is 10.9 Å². The molecule has 0 aliphatic carbocycles. The number of hydrogen-bond acceptors (Lipinski definition) is 4. The SMILES string of the molecule is CCCCCCCC(=O)NNC(=O)c1c(C)noc1C. The summed E-state index contributed by atoms with van der Waals surface area (Å²) in [6.07, 6.45) is 5.83. The molecule has 0 aliphatic rings. The second-order valence-corrected chi connectivity index (χ2v) is 4.87. The van der Waals surface area contributed by atoms with Gasteiger partial charge in [0, 0.05) is 6.42 Å². The second-order valence-electron chi connectivity index (χ2n) is 4.87. The van der Waals surface area contributed by atoms with E-state index >= 15 is 0 Å². The third kappa shape index (κ3) is 5.03. The first kappa shape index (κ1) is 16.2. The molecule has 0 atom stereocenters. The highest BCUT2D eigenvalue weighted by molar-refractivity contribution is 5.97. The minimum atomic E-state index is -0.402. The van der Waals surface area contributed by atoms with E-state index in [1.165, 1.54) is 12.8 Å². The van der Waals surface area contributed by atoms with Crippen LogP contribution in [0.2, 0.25) is 0 Å². The summed E-state index contributed by atoms with van der Waals surface area (Å²) in [6.45, 7) is 5.49. The van der Waals surface area contributed by atoms with Gasteiger partial charge in [0.2, 0.25) is 5.91 Å². The normalized spacial score (nSPS) is 10.3. The molecule has 2 N–H and O–H groups in total. The van der Waals surface area contributed by atoms with Gasteiger partial charge in [-0.25, -0.2) is 0 Å². The highest BCUT2D eigenvalue weighted by atomic mass is 16.5. The van der Waals surface area contributed by atoms with Crippen LogP contribution in [0.15, 0.2) is 4.52 Å². The highest BCUT2D eigenvalue weighted by Gasteiger charge is 2.17. The molecule has 0 spiro atoms. The predicted molar refractivity (Wildman–Crippen MR) is 75.0 cm³/mol. The van der Waals surface area contributed by atoms with E-state index in [0.29, 0.717) is 23.4 Å². The quantitative estimate of drug-likeness (QED) is 0.594. The maximum atomic E-state index is 11.8. The van der Waals surface area contributed by atoms with Gasteiger partial charge in [-0.1, -0.05) is 37.8 Å². The molecule has 0 bridgehead atoms. The van der Waals surface area contributed by atoms with Gasteiger partial charge in [-0.15, -0.1) is 0 Å². The van der Waals surface area contributed by atoms with Gasteiger partial charge in [0.25, 0.3) is 5.91 Å². The van der Waals surface area contributed by atoms with Crippen LogP contribution in [0.1, 0.15) is 67.3 Å². The van der Waals surface area contributed by atoms with Crippen LogP contribution >= 0.6 is 0 Å². The number of carbonyl (C=O) groups is 2. The third-order valence-corrected chi connectivity index (χ3v) is 3.08. The average molecular weight is 281 g/mol.